The van der Waals surface area contributed by atoms with Crippen LogP contribution < -0.4 is 0 Å². The second-order valence-electron chi connectivity index (χ2n) is 9.53. The summed E-state index contributed by atoms with van der Waals surface area (Å²) in [5, 5.41) is 20.2. The van der Waals surface area contributed by atoms with Crippen LogP contribution in [0, 0.1) is 39.9 Å². The highest BCUT2D eigenvalue weighted by Crippen LogP contribution is 2.67. The standard InChI is InChI=1S/C23H27NO6/c1-21-7-5-15(26)11-14(21)3-4-16-17-6-8-23(30-13-25,20(28)29-10-9-24)22(17,2)12-18(27)19(16)21/h5,7,11,13,16-19,27H,3-4,6,8,10,12H2,1-2H3/t16?,17?,18?,19?,21?,22?,23-/m0/s1. The molecule has 0 saturated heterocycles. The number of carbonyl (C=O) groups excluding carboxylic acids is 3. The lowest BCUT2D eigenvalue weighted by Crippen LogP contribution is -2.62. The third-order valence-corrected chi connectivity index (χ3v) is 8.46. The highest BCUT2D eigenvalue weighted by molar-refractivity contribution is 6.01. The molecule has 0 heterocycles. The quantitative estimate of drug-likeness (QED) is 0.555. The van der Waals surface area contributed by atoms with Crippen molar-refractivity contribution in [1.29, 1.82) is 5.26 Å². The lowest BCUT2D eigenvalue weighted by atomic mass is 9.46. The van der Waals surface area contributed by atoms with Crippen molar-refractivity contribution in [3.63, 3.8) is 0 Å². The second kappa shape index (κ2) is 7.05. The number of aliphatic hydroxyl groups excluding tert-OH is 1. The molecule has 0 bridgehead atoms. The van der Waals surface area contributed by atoms with Gasteiger partial charge in [0.1, 0.15) is 6.07 Å². The van der Waals surface area contributed by atoms with Crippen molar-refractivity contribution >= 4 is 18.2 Å². The molecular formula is C23H27NO6. The summed E-state index contributed by atoms with van der Waals surface area (Å²) in [7, 11) is 0. The minimum Gasteiger partial charge on any atom is -0.449 e. The third-order valence-electron chi connectivity index (χ3n) is 8.46. The van der Waals surface area contributed by atoms with Crippen LogP contribution in [0.25, 0.3) is 0 Å². The molecule has 7 heteroatoms. The first-order valence-electron chi connectivity index (χ1n) is 10.5. The molecule has 4 aliphatic rings. The van der Waals surface area contributed by atoms with E-state index in [9.17, 15) is 19.5 Å². The van der Waals surface area contributed by atoms with E-state index in [1.807, 2.05) is 13.0 Å². The summed E-state index contributed by atoms with van der Waals surface area (Å²) in [6.07, 6.45) is 7.28. The Morgan fingerprint density at radius 1 is 1.40 bits per heavy atom. The first-order chi connectivity index (χ1) is 14.2. The van der Waals surface area contributed by atoms with Crippen LogP contribution in [0.5, 0.6) is 0 Å². The molecule has 0 amide bonds. The zero-order valence-electron chi connectivity index (χ0n) is 17.3. The summed E-state index contributed by atoms with van der Waals surface area (Å²) in [6.45, 7) is 3.84. The predicted molar refractivity (Wildman–Crippen MR) is 104 cm³/mol. The van der Waals surface area contributed by atoms with Gasteiger partial charge in [-0.3, -0.25) is 9.59 Å². The Morgan fingerprint density at radius 2 is 2.17 bits per heavy atom. The van der Waals surface area contributed by atoms with E-state index in [2.05, 4.69) is 6.92 Å². The molecule has 7 nitrogen and oxygen atoms in total. The average Bonchev–Trinajstić information content (AvgIpc) is 2.99. The van der Waals surface area contributed by atoms with Crippen LogP contribution in [0.2, 0.25) is 0 Å². The number of esters is 1. The fraction of sp³-hybridized carbons (Fsp3) is 0.652. The lowest BCUT2D eigenvalue weighted by Gasteiger charge is -2.59. The number of aliphatic hydroxyl groups is 1. The van der Waals surface area contributed by atoms with E-state index in [1.165, 1.54) is 0 Å². The molecule has 1 N–H and O–H groups in total. The van der Waals surface area contributed by atoms with E-state index in [-0.39, 0.29) is 36.4 Å². The Labute approximate surface area is 175 Å². The van der Waals surface area contributed by atoms with E-state index in [0.717, 1.165) is 18.4 Å². The lowest BCUT2D eigenvalue weighted by molar-refractivity contribution is -0.205. The van der Waals surface area contributed by atoms with Gasteiger partial charge in [-0.15, -0.1) is 0 Å². The van der Waals surface area contributed by atoms with E-state index in [0.29, 0.717) is 12.8 Å². The summed E-state index contributed by atoms with van der Waals surface area (Å²) < 4.78 is 10.6. The van der Waals surface area contributed by atoms with Crippen LogP contribution in [0.1, 0.15) is 46.0 Å². The molecule has 0 aromatic rings. The minimum absolute atomic E-state index is 0.0180. The van der Waals surface area contributed by atoms with Crippen molar-refractivity contribution in [3.05, 3.63) is 23.8 Å². The molecule has 4 aliphatic carbocycles. The Morgan fingerprint density at radius 3 is 2.87 bits per heavy atom. The number of carbonyl (C=O) groups is 3. The summed E-state index contributed by atoms with van der Waals surface area (Å²) in [4.78, 5) is 36.3. The molecule has 0 spiro atoms. The van der Waals surface area contributed by atoms with Gasteiger partial charge in [0, 0.05) is 16.7 Å². The molecule has 30 heavy (non-hydrogen) atoms. The fourth-order valence-corrected chi connectivity index (χ4v) is 7.19. The first kappa shape index (κ1) is 20.8. The van der Waals surface area contributed by atoms with Gasteiger partial charge in [-0.05, 0) is 56.1 Å². The van der Waals surface area contributed by atoms with E-state index in [1.54, 1.807) is 18.2 Å². The normalized spacial score (nSPS) is 44.1. The number of nitriles is 1. The molecule has 0 aromatic heterocycles. The van der Waals surface area contributed by atoms with Gasteiger partial charge in [0.25, 0.3) is 6.47 Å². The number of rotatable bonds is 4. The Kier molecular flexibility index (Phi) is 4.89. The van der Waals surface area contributed by atoms with Gasteiger partial charge in [0.2, 0.25) is 5.60 Å². The molecule has 0 radical (unpaired) electrons. The maximum absolute atomic E-state index is 13.0. The van der Waals surface area contributed by atoms with Crippen LogP contribution in [-0.2, 0) is 23.9 Å². The van der Waals surface area contributed by atoms with Gasteiger partial charge in [-0.1, -0.05) is 25.5 Å². The van der Waals surface area contributed by atoms with E-state index < -0.39 is 35.1 Å². The van der Waals surface area contributed by atoms with E-state index >= 15 is 0 Å². The highest BCUT2D eigenvalue weighted by atomic mass is 16.6. The zero-order valence-corrected chi connectivity index (χ0v) is 17.3. The van der Waals surface area contributed by atoms with E-state index in [4.69, 9.17) is 14.7 Å². The summed E-state index contributed by atoms with van der Waals surface area (Å²) in [5.41, 5.74) is -1.65. The van der Waals surface area contributed by atoms with Crippen LogP contribution in [0.4, 0.5) is 0 Å². The molecule has 6 unspecified atom stereocenters. The van der Waals surface area contributed by atoms with Crippen LogP contribution in [0.15, 0.2) is 23.8 Å². The fourth-order valence-electron chi connectivity index (χ4n) is 7.19. The van der Waals surface area contributed by atoms with Gasteiger partial charge in [-0.25, -0.2) is 4.79 Å². The van der Waals surface area contributed by atoms with Gasteiger partial charge in [0.15, 0.2) is 12.4 Å². The SMILES string of the molecule is CC12C=CC(=O)C=C1CCC1C2C(O)CC2(C)C1CC[C@]2(OC=O)C(=O)OCC#N. The maximum Gasteiger partial charge on any atom is 0.352 e. The molecule has 160 valence electrons. The number of ketones is 1. The number of allylic oxidation sites excluding steroid dienone is 4. The van der Waals surface area contributed by atoms with Gasteiger partial charge in [0.05, 0.1) is 6.10 Å². The Hall–Kier alpha value is -2.46. The van der Waals surface area contributed by atoms with Crippen LogP contribution in [0.3, 0.4) is 0 Å². The van der Waals surface area contributed by atoms with Crippen molar-refractivity contribution in [2.24, 2.45) is 28.6 Å². The molecule has 4 rings (SSSR count). The Bertz CT molecular complexity index is 887. The average molecular weight is 413 g/mol. The summed E-state index contributed by atoms with van der Waals surface area (Å²) in [6, 6.07) is 1.78. The second-order valence-corrected chi connectivity index (χ2v) is 9.53. The molecule has 3 saturated carbocycles. The molecule has 0 aromatic carbocycles. The number of ether oxygens (including phenoxy) is 2. The molecule has 3 fully saturated rings. The monoisotopic (exact) mass is 413 g/mol. The third kappa shape index (κ3) is 2.63. The van der Waals surface area contributed by atoms with Crippen LogP contribution in [-0.4, -0.2) is 41.6 Å². The molecule has 0 aliphatic heterocycles. The zero-order chi connectivity index (χ0) is 21.7. The largest absolute Gasteiger partial charge is 0.449 e. The Balaban J connectivity index is 1.73. The number of nitrogens with zero attached hydrogens (tertiary/aromatic N) is 1. The molecular weight excluding hydrogens is 386 g/mol. The van der Waals surface area contributed by atoms with Crippen molar-refractivity contribution in [3.8, 4) is 6.07 Å². The van der Waals surface area contributed by atoms with Crippen molar-refractivity contribution in [1.82, 2.24) is 0 Å². The number of hydrogen-bond acceptors (Lipinski definition) is 7. The van der Waals surface area contributed by atoms with Gasteiger partial charge < -0.3 is 14.6 Å². The van der Waals surface area contributed by atoms with Crippen molar-refractivity contribution < 1.29 is 29.0 Å². The van der Waals surface area contributed by atoms with Crippen molar-refractivity contribution in [2.75, 3.05) is 6.61 Å². The topological polar surface area (TPSA) is 114 Å². The predicted octanol–water partition coefficient (Wildman–Crippen LogP) is 2.24. The first-order valence-corrected chi connectivity index (χ1v) is 10.5. The van der Waals surface area contributed by atoms with Crippen molar-refractivity contribution in [2.45, 2.75) is 57.7 Å². The smallest absolute Gasteiger partial charge is 0.352 e. The minimum atomic E-state index is -1.50. The highest BCUT2D eigenvalue weighted by Gasteiger charge is 2.71. The number of hydrogen-bond donors (Lipinski definition) is 1. The van der Waals surface area contributed by atoms with Crippen LogP contribution >= 0.6 is 0 Å². The maximum atomic E-state index is 13.0. The van der Waals surface area contributed by atoms with Gasteiger partial charge in [-0.2, -0.15) is 5.26 Å². The van der Waals surface area contributed by atoms with Gasteiger partial charge >= 0.3 is 5.97 Å². The summed E-state index contributed by atoms with van der Waals surface area (Å²) >= 11 is 0. The molecule has 7 atom stereocenters. The summed E-state index contributed by atoms with van der Waals surface area (Å²) in [5.74, 6) is -0.653. The number of fused-ring (bicyclic) bond motifs is 5.